The van der Waals surface area contributed by atoms with E-state index in [1.165, 1.54) is 10.9 Å². The SMILES string of the molecule is CCNC(CCc1cccs1)CSc1ccccc1F. The van der Waals surface area contributed by atoms with Crippen LogP contribution in [0.2, 0.25) is 0 Å². The molecular weight excluding hydrogens is 289 g/mol. The molecule has 0 radical (unpaired) electrons. The Morgan fingerprint density at radius 1 is 1.25 bits per heavy atom. The maximum Gasteiger partial charge on any atom is 0.136 e. The van der Waals surface area contributed by atoms with Gasteiger partial charge < -0.3 is 5.32 Å². The van der Waals surface area contributed by atoms with Gasteiger partial charge in [-0.3, -0.25) is 0 Å². The van der Waals surface area contributed by atoms with Gasteiger partial charge in [-0.15, -0.1) is 23.1 Å². The largest absolute Gasteiger partial charge is 0.313 e. The summed E-state index contributed by atoms with van der Waals surface area (Å²) in [6, 6.07) is 11.7. The third-order valence-electron chi connectivity index (χ3n) is 3.09. The Morgan fingerprint density at radius 3 is 2.80 bits per heavy atom. The van der Waals surface area contributed by atoms with Crippen LogP contribution < -0.4 is 5.32 Å². The molecule has 1 unspecified atom stereocenters. The molecule has 1 aromatic heterocycles. The molecule has 0 amide bonds. The molecule has 2 aromatic rings. The van der Waals surface area contributed by atoms with Gasteiger partial charge >= 0.3 is 0 Å². The summed E-state index contributed by atoms with van der Waals surface area (Å²) < 4.78 is 13.6. The lowest BCUT2D eigenvalue weighted by Crippen LogP contribution is -2.31. The third-order valence-corrected chi connectivity index (χ3v) is 5.24. The average Bonchev–Trinajstić information content (AvgIpc) is 2.97. The van der Waals surface area contributed by atoms with Crippen molar-refractivity contribution in [3.05, 3.63) is 52.5 Å². The molecule has 0 aliphatic heterocycles. The zero-order chi connectivity index (χ0) is 14.2. The molecule has 0 aliphatic rings. The number of thioether (sulfide) groups is 1. The molecule has 0 saturated carbocycles. The van der Waals surface area contributed by atoms with E-state index in [1.807, 2.05) is 12.1 Å². The number of thiophene rings is 1. The first kappa shape index (κ1) is 15.5. The molecule has 0 spiro atoms. The zero-order valence-electron chi connectivity index (χ0n) is 11.6. The molecule has 4 heteroatoms. The zero-order valence-corrected chi connectivity index (χ0v) is 13.3. The van der Waals surface area contributed by atoms with Crippen molar-refractivity contribution in [1.82, 2.24) is 5.32 Å². The normalized spacial score (nSPS) is 12.5. The van der Waals surface area contributed by atoms with E-state index in [2.05, 4.69) is 29.8 Å². The van der Waals surface area contributed by atoms with E-state index < -0.39 is 0 Å². The number of halogens is 1. The minimum atomic E-state index is -0.119. The van der Waals surface area contributed by atoms with E-state index in [0.29, 0.717) is 6.04 Å². The van der Waals surface area contributed by atoms with Gasteiger partial charge in [0.25, 0.3) is 0 Å². The highest BCUT2D eigenvalue weighted by molar-refractivity contribution is 7.99. The van der Waals surface area contributed by atoms with Crippen molar-refractivity contribution in [1.29, 1.82) is 0 Å². The highest BCUT2D eigenvalue weighted by atomic mass is 32.2. The lowest BCUT2D eigenvalue weighted by Gasteiger charge is -2.17. The standard InChI is InChI=1S/C16H20FNS2/c1-2-18-13(9-10-14-6-5-11-19-14)12-20-16-8-4-3-7-15(16)17/h3-8,11,13,18H,2,9-10,12H2,1H3. The summed E-state index contributed by atoms with van der Waals surface area (Å²) in [6.45, 7) is 3.07. The first-order valence-corrected chi connectivity index (χ1v) is 8.79. The van der Waals surface area contributed by atoms with Gasteiger partial charge in [0.1, 0.15) is 5.82 Å². The quantitative estimate of drug-likeness (QED) is 0.716. The summed E-state index contributed by atoms with van der Waals surface area (Å²) in [6.07, 6.45) is 2.18. The minimum absolute atomic E-state index is 0.119. The maximum absolute atomic E-state index is 13.6. The summed E-state index contributed by atoms with van der Waals surface area (Å²) in [5.74, 6) is 0.783. The van der Waals surface area contributed by atoms with Crippen LogP contribution in [0.25, 0.3) is 0 Å². The van der Waals surface area contributed by atoms with Gasteiger partial charge in [0, 0.05) is 21.6 Å². The fourth-order valence-electron chi connectivity index (χ4n) is 2.06. The number of aryl methyl sites for hydroxylation is 1. The molecule has 1 aromatic carbocycles. The van der Waals surface area contributed by atoms with Gasteiger partial charge in [-0.25, -0.2) is 4.39 Å². The molecule has 20 heavy (non-hydrogen) atoms. The summed E-state index contributed by atoms with van der Waals surface area (Å²) in [4.78, 5) is 2.16. The summed E-state index contributed by atoms with van der Waals surface area (Å²) in [5.41, 5.74) is 0. The van der Waals surface area contributed by atoms with Crippen LogP contribution in [0.5, 0.6) is 0 Å². The predicted octanol–water partition coefficient (Wildman–Crippen LogP) is 4.59. The van der Waals surface area contributed by atoms with E-state index in [1.54, 1.807) is 29.2 Å². The van der Waals surface area contributed by atoms with Crippen molar-refractivity contribution in [3.63, 3.8) is 0 Å². The van der Waals surface area contributed by atoms with Crippen LogP contribution in [-0.4, -0.2) is 18.3 Å². The Bertz CT molecular complexity index is 499. The molecule has 2 rings (SSSR count). The van der Waals surface area contributed by atoms with Gasteiger partial charge in [-0.2, -0.15) is 0 Å². The highest BCUT2D eigenvalue weighted by Gasteiger charge is 2.10. The van der Waals surface area contributed by atoms with Gasteiger partial charge in [0.05, 0.1) is 0 Å². The fourth-order valence-corrected chi connectivity index (χ4v) is 3.83. The molecule has 0 saturated heterocycles. The second-order valence-corrected chi connectivity index (χ2v) is 6.71. The molecule has 108 valence electrons. The van der Waals surface area contributed by atoms with Crippen LogP contribution in [0, 0.1) is 5.82 Å². The first-order chi connectivity index (χ1) is 9.79. The number of nitrogens with one attached hydrogen (secondary N) is 1. The van der Waals surface area contributed by atoms with Crippen LogP contribution in [0.3, 0.4) is 0 Å². The van der Waals surface area contributed by atoms with Crippen molar-refractivity contribution in [2.24, 2.45) is 0 Å². The molecule has 1 nitrogen and oxygen atoms in total. The first-order valence-electron chi connectivity index (χ1n) is 6.92. The van der Waals surface area contributed by atoms with Crippen molar-refractivity contribution < 1.29 is 4.39 Å². The van der Waals surface area contributed by atoms with Crippen LogP contribution >= 0.6 is 23.1 Å². The van der Waals surface area contributed by atoms with Gasteiger partial charge in [0.15, 0.2) is 0 Å². The predicted molar refractivity (Wildman–Crippen MR) is 87.2 cm³/mol. The molecule has 0 aliphatic carbocycles. The van der Waals surface area contributed by atoms with Crippen molar-refractivity contribution in [2.45, 2.75) is 30.7 Å². The van der Waals surface area contributed by atoms with E-state index in [-0.39, 0.29) is 5.82 Å². The van der Waals surface area contributed by atoms with Crippen molar-refractivity contribution >= 4 is 23.1 Å². The summed E-state index contributed by atoms with van der Waals surface area (Å²) in [7, 11) is 0. The van der Waals surface area contributed by atoms with E-state index in [4.69, 9.17) is 0 Å². The fraction of sp³-hybridized carbons (Fsp3) is 0.375. The molecular formula is C16H20FNS2. The Labute approximate surface area is 128 Å². The lowest BCUT2D eigenvalue weighted by atomic mass is 10.1. The molecule has 1 atom stereocenters. The van der Waals surface area contributed by atoms with E-state index in [9.17, 15) is 4.39 Å². The summed E-state index contributed by atoms with van der Waals surface area (Å²) in [5, 5.41) is 5.61. The minimum Gasteiger partial charge on any atom is -0.313 e. The monoisotopic (exact) mass is 309 g/mol. The molecule has 0 bridgehead atoms. The average molecular weight is 309 g/mol. The Morgan fingerprint density at radius 2 is 2.10 bits per heavy atom. The van der Waals surface area contributed by atoms with Crippen LogP contribution in [0.4, 0.5) is 4.39 Å². The topological polar surface area (TPSA) is 12.0 Å². The smallest absolute Gasteiger partial charge is 0.136 e. The number of hydrogen-bond donors (Lipinski definition) is 1. The van der Waals surface area contributed by atoms with Crippen LogP contribution in [-0.2, 0) is 6.42 Å². The number of benzene rings is 1. The maximum atomic E-state index is 13.6. The van der Waals surface area contributed by atoms with Crippen LogP contribution in [0.15, 0.2) is 46.7 Å². The van der Waals surface area contributed by atoms with Crippen molar-refractivity contribution in [2.75, 3.05) is 12.3 Å². The molecule has 1 heterocycles. The molecule has 0 fully saturated rings. The van der Waals surface area contributed by atoms with Gasteiger partial charge in [-0.05, 0) is 43.0 Å². The lowest BCUT2D eigenvalue weighted by molar-refractivity contribution is 0.538. The Hall–Kier alpha value is -0.840. The van der Waals surface area contributed by atoms with E-state index >= 15 is 0 Å². The molecule has 1 N–H and O–H groups in total. The third kappa shape index (κ3) is 4.93. The second-order valence-electron chi connectivity index (χ2n) is 4.61. The number of rotatable bonds is 8. The Kier molecular flexibility index (Phi) is 6.57. The van der Waals surface area contributed by atoms with E-state index in [0.717, 1.165) is 30.0 Å². The Balaban J connectivity index is 1.84. The van der Waals surface area contributed by atoms with Gasteiger partial charge in [-0.1, -0.05) is 25.1 Å². The van der Waals surface area contributed by atoms with Crippen LogP contribution in [0.1, 0.15) is 18.2 Å². The summed E-state index contributed by atoms with van der Waals surface area (Å²) >= 11 is 3.40. The van der Waals surface area contributed by atoms with Crippen molar-refractivity contribution in [3.8, 4) is 0 Å². The second kappa shape index (κ2) is 8.45. The highest BCUT2D eigenvalue weighted by Crippen LogP contribution is 2.23. The number of hydrogen-bond acceptors (Lipinski definition) is 3. The van der Waals surface area contributed by atoms with Gasteiger partial charge in [0.2, 0.25) is 0 Å².